The molecule has 2 aromatic rings. The second-order valence-electron chi connectivity index (χ2n) is 12.0. The van der Waals surface area contributed by atoms with E-state index >= 15 is 0 Å². The van der Waals surface area contributed by atoms with Gasteiger partial charge in [0.2, 0.25) is 5.79 Å². The number of rotatable bonds is 7. The van der Waals surface area contributed by atoms with Crippen LogP contribution in [0.3, 0.4) is 0 Å². The molecule has 0 radical (unpaired) electrons. The monoisotopic (exact) mass is 615 g/mol. The number of hydrogen-bond donors (Lipinski definition) is 1. The molecule has 8 atom stereocenters. The van der Waals surface area contributed by atoms with Gasteiger partial charge in [0.25, 0.3) is 5.91 Å². The van der Waals surface area contributed by atoms with Gasteiger partial charge in [-0.25, -0.2) is 9.78 Å². The Kier molecular flexibility index (Phi) is 8.15. The molecular formula is C32H35Cl2NO7. The highest BCUT2D eigenvalue weighted by molar-refractivity contribution is 6.42. The molecule has 4 saturated heterocycles. The summed E-state index contributed by atoms with van der Waals surface area (Å²) in [6, 6.07) is 11.8. The molecule has 7 rings (SSSR count). The first-order valence-corrected chi connectivity index (χ1v) is 15.2. The van der Waals surface area contributed by atoms with E-state index in [1.165, 1.54) is 6.08 Å². The zero-order valence-electron chi connectivity index (χ0n) is 23.8. The normalized spacial score (nSPS) is 35.4. The van der Waals surface area contributed by atoms with Gasteiger partial charge in [-0.15, -0.1) is 0 Å². The van der Waals surface area contributed by atoms with E-state index < -0.39 is 23.9 Å². The van der Waals surface area contributed by atoms with Crippen molar-refractivity contribution < 1.29 is 33.6 Å². The van der Waals surface area contributed by atoms with Gasteiger partial charge in [0.1, 0.15) is 12.0 Å². The smallest absolute Gasteiger partial charge is 0.259 e. The topological polar surface area (TPSA) is 92.3 Å². The number of amides is 1. The third kappa shape index (κ3) is 5.38. The Labute approximate surface area is 255 Å². The summed E-state index contributed by atoms with van der Waals surface area (Å²) in [5, 5.41) is 3.81. The molecule has 1 amide bonds. The Morgan fingerprint density at radius 3 is 2.62 bits per heavy atom. The standard InChI is InChI=1S/C32H35Cl2NO7/c1-18-7-13-24-19(2)29(39-30-32(24)23(18)15-16-31(3,40-30)41-42-32)35-27(37)17-38-22-11-8-20(9-12-22)26(36)14-10-21-5-4-6-25(33)28(21)34/h4-6,8-12,14,18-19,23-24,29-30H,7,13,15-17H2,1-3H3,(H,35,37)/b14-10+/t18-,19-,23+,24+,29-,30-,31+,32-/m1/s1. The summed E-state index contributed by atoms with van der Waals surface area (Å²) < 4.78 is 18.5. The summed E-state index contributed by atoms with van der Waals surface area (Å²) in [7, 11) is 0. The molecule has 0 aromatic heterocycles. The minimum absolute atomic E-state index is 0.0185. The lowest BCUT2D eigenvalue weighted by atomic mass is 9.58. The van der Waals surface area contributed by atoms with Crippen molar-refractivity contribution in [2.24, 2.45) is 23.7 Å². The van der Waals surface area contributed by atoms with Crippen LogP contribution in [0.25, 0.3) is 6.08 Å². The van der Waals surface area contributed by atoms with E-state index in [9.17, 15) is 9.59 Å². The van der Waals surface area contributed by atoms with Crippen LogP contribution < -0.4 is 10.1 Å². The van der Waals surface area contributed by atoms with Gasteiger partial charge >= 0.3 is 0 Å². The Morgan fingerprint density at radius 1 is 1.05 bits per heavy atom. The molecule has 4 heterocycles. The van der Waals surface area contributed by atoms with Crippen molar-refractivity contribution in [2.75, 3.05) is 6.61 Å². The first-order valence-electron chi connectivity index (χ1n) is 14.5. The maximum Gasteiger partial charge on any atom is 0.259 e. The molecule has 224 valence electrons. The maximum atomic E-state index is 13.0. The predicted molar refractivity (Wildman–Crippen MR) is 157 cm³/mol. The summed E-state index contributed by atoms with van der Waals surface area (Å²) in [5.41, 5.74) is 0.442. The summed E-state index contributed by atoms with van der Waals surface area (Å²) in [5.74, 6) is -0.108. The van der Waals surface area contributed by atoms with Gasteiger partial charge in [-0.3, -0.25) is 9.59 Å². The number of carbonyl (C=O) groups excluding carboxylic acids is 2. The van der Waals surface area contributed by atoms with Crippen molar-refractivity contribution in [3.63, 3.8) is 0 Å². The van der Waals surface area contributed by atoms with Gasteiger partial charge < -0.3 is 19.5 Å². The van der Waals surface area contributed by atoms with Crippen LogP contribution in [0.2, 0.25) is 10.0 Å². The van der Waals surface area contributed by atoms with E-state index in [0.717, 1.165) is 25.7 Å². The molecule has 1 aliphatic carbocycles. The average molecular weight is 617 g/mol. The third-order valence-corrected chi connectivity index (χ3v) is 10.2. The second-order valence-corrected chi connectivity index (χ2v) is 12.8. The van der Waals surface area contributed by atoms with Crippen LogP contribution in [0, 0.1) is 23.7 Å². The summed E-state index contributed by atoms with van der Waals surface area (Å²) >= 11 is 12.2. The number of carbonyl (C=O) groups is 2. The van der Waals surface area contributed by atoms with E-state index in [2.05, 4.69) is 19.2 Å². The van der Waals surface area contributed by atoms with Crippen molar-refractivity contribution in [1.82, 2.24) is 5.32 Å². The Hall–Kier alpha value is -2.46. The van der Waals surface area contributed by atoms with Crippen molar-refractivity contribution in [1.29, 1.82) is 0 Å². The minimum Gasteiger partial charge on any atom is -0.484 e. The fourth-order valence-corrected chi connectivity index (χ4v) is 7.42. The molecule has 1 saturated carbocycles. The number of ketones is 1. The summed E-state index contributed by atoms with van der Waals surface area (Å²) in [4.78, 5) is 37.6. The Balaban J connectivity index is 1.06. The fraction of sp³-hybridized carbons (Fsp3) is 0.500. The fourth-order valence-electron chi connectivity index (χ4n) is 7.05. The maximum absolute atomic E-state index is 13.0. The lowest BCUT2D eigenvalue weighted by Crippen LogP contribution is -2.72. The van der Waals surface area contributed by atoms with Crippen molar-refractivity contribution >= 4 is 41.0 Å². The van der Waals surface area contributed by atoms with Crippen molar-refractivity contribution in [3.05, 3.63) is 69.7 Å². The molecule has 5 fully saturated rings. The largest absolute Gasteiger partial charge is 0.484 e. The molecule has 2 bridgehead atoms. The highest BCUT2D eigenvalue weighted by Gasteiger charge is 2.69. The van der Waals surface area contributed by atoms with E-state index in [0.29, 0.717) is 32.8 Å². The molecule has 0 unspecified atom stereocenters. The summed E-state index contributed by atoms with van der Waals surface area (Å²) in [6.45, 7) is 6.03. The molecule has 4 aliphatic heterocycles. The number of ether oxygens (including phenoxy) is 3. The van der Waals surface area contributed by atoms with E-state index in [1.54, 1.807) is 48.5 Å². The van der Waals surface area contributed by atoms with Gasteiger partial charge in [0, 0.05) is 23.8 Å². The van der Waals surface area contributed by atoms with Crippen LogP contribution in [0.15, 0.2) is 48.5 Å². The second kappa shape index (κ2) is 11.6. The Morgan fingerprint density at radius 2 is 1.83 bits per heavy atom. The van der Waals surface area contributed by atoms with Crippen LogP contribution in [-0.4, -0.2) is 42.2 Å². The molecular weight excluding hydrogens is 581 g/mol. The highest BCUT2D eigenvalue weighted by Crippen LogP contribution is 2.60. The minimum atomic E-state index is -0.874. The summed E-state index contributed by atoms with van der Waals surface area (Å²) in [6.07, 6.45) is 5.58. The number of halogens is 2. The first kappa shape index (κ1) is 29.6. The molecule has 5 aliphatic rings. The van der Waals surface area contributed by atoms with E-state index in [4.69, 9.17) is 47.2 Å². The van der Waals surface area contributed by atoms with Crippen LogP contribution in [0.4, 0.5) is 0 Å². The average Bonchev–Trinajstić information content (AvgIpc) is 3.21. The molecule has 42 heavy (non-hydrogen) atoms. The number of hydrogen-bond acceptors (Lipinski definition) is 7. The molecule has 1 N–H and O–H groups in total. The SMILES string of the molecule is C[C@H]1[C@H](NC(=O)COc2ccc(C(=O)/C=C/c3cccc(Cl)c3Cl)cc2)O[C@@H]2O[C@]3(C)CC[C@H]4[C@H](C)CC[C@@H]1[C@@]24OO3. The van der Waals surface area contributed by atoms with E-state index in [1.807, 2.05) is 6.92 Å². The molecule has 1 spiro atoms. The van der Waals surface area contributed by atoms with Gasteiger partial charge in [-0.05, 0) is 86.1 Å². The van der Waals surface area contributed by atoms with Gasteiger partial charge in [0.15, 0.2) is 24.3 Å². The predicted octanol–water partition coefficient (Wildman–Crippen LogP) is 6.59. The highest BCUT2D eigenvalue weighted by atomic mass is 35.5. The quantitative estimate of drug-likeness (QED) is 0.213. The third-order valence-electron chi connectivity index (χ3n) is 9.37. The number of benzene rings is 2. The van der Waals surface area contributed by atoms with Crippen LogP contribution in [0.1, 0.15) is 62.4 Å². The van der Waals surface area contributed by atoms with Gasteiger partial charge in [-0.2, -0.15) is 0 Å². The Bertz CT molecular complexity index is 1380. The first-order chi connectivity index (χ1) is 20.1. The van der Waals surface area contributed by atoms with Gasteiger partial charge in [-0.1, -0.05) is 49.2 Å². The van der Waals surface area contributed by atoms with Crippen LogP contribution in [-0.2, 0) is 24.0 Å². The molecule has 8 nitrogen and oxygen atoms in total. The van der Waals surface area contributed by atoms with E-state index in [-0.39, 0.29) is 36.1 Å². The van der Waals surface area contributed by atoms with Crippen molar-refractivity contribution in [2.45, 2.75) is 70.4 Å². The lowest BCUT2D eigenvalue weighted by Gasteiger charge is -2.60. The van der Waals surface area contributed by atoms with Crippen LogP contribution in [0.5, 0.6) is 5.75 Å². The van der Waals surface area contributed by atoms with Crippen LogP contribution >= 0.6 is 23.2 Å². The number of nitrogens with one attached hydrogen (secondary N) is 1. The molecule has 10 heteroatoms. The number of allylic oxidation sites excluding steroid dienone is 1. The lowest BCUT2D eigenvalue weighted by molar-refractivity contribution is -0.571. The zero-order valence-corrected chi connectivity index (χ0v) is 25.3. The molecule has 2 aromatic carbocycles. The number of fused-ring (bicyclic) bond motifs is 2. The van der Waals surface area contributed by atoms with Gasteiger partial charge in [0.05, 0.1) is 10.0 Å². The zero-order chi connectivity index (χ0) is 29.6. The van der Waals surface area contributed by atoms with Crippen molar-refractivity contribution in [3.8, 4) is 5.75 Å².